The molecule has 0 amide bonds. The molecule has 1 aromatic carbocycles. The summed E-state index contributed by atoms with van der Waals surface area (Å²) in [6.45, 7) is -0.188. The van der Waals surface area contributed by atoms with Crippen LogP contribution in [0.15, 0.2) is 18.2 Å². The molecule has 0 saturated heterocycles. The minimum atomic E-state index is -0.111. The zero-order valence-corrected chi connectivity index (χ0v) is 6.95. The highest BCUT2D eigenvalue weighted by Gasteiger charge is 2.05. The van der Waals surface area contributed by atoms with Crippen LogP contribution in [0.1, 0.15) is 11.1 Å². The van der Waals surface area contributed by atoms with Gasteiger partial charge in [0.15, 0.2) is 0 Å². The molecular weight excluding hydrogens is 156 g/mol. The minimum Gasteiger partial charge on any atom is -0.496 e. The molecule has 0 spiro atoms. The molecule has 0 aliphatic heterocycles. The average Bonchev–Trinajstić information content (AvgIpc) is 2.16. The molecule has 66 valence electrons. The van der Waals surface area contributed by atoms with Gasteiger partial charge in [-0.25, -0.2) is 0 Å². The average molecular weight is 168 g/mol. The number of methoxy groups -OCH3 is 1. The van der Waals surface area contributed by atoms with Crippen molar-refractivity contribution in [1.29, 1.82) is 0 Å². The van der Waals surface area contributed by atoms with E-state index in [1.807, 2.05) is 0 Å². The Balaban J connectivity index is 3.13. The Bertz CT molecular complexity index is 236. The van der Waals surface area contributed by atoms with Crippen molar-refractivity contribution in [2.45, 2.75) is 13.2 Å². The second-order valence-electron chi connectivity index (χ2n) is 2.41. The van der Waals surface area contributed by atoms with Gasteiger partial charge in [-0.2, -0.15) is 0 Å². The Morgan fingerprint density at radius 3 is 2.50 bits per heavy atom. The summed E-state index contributed by atoms with van der Waals surface area (Å²) in [5, 5.41) is 17.9. The lowest BCUT2D eigenvalue weighted by Crippen LogP contribution is -1.97. The summed E-state index contributed by atoms with van der Waals surface area (Å²) in [5.74, 6) is 0.615. The topological polar surface area (TPSA) is 49.7 Å². The summed E-state index contributed by atoms with van der Waals surface area (Å²) in [6.07, 6.45) is 0. The summed E-state index contributed by atoms with van der Waals surface area (Å²) < 4.78 is 5.01. The highest BCUT2D eigenvalue weighted by Crippen LogP contribution is 2.21. The van der Waals surface area contributed by atoms with Crippen LogP contribution in [0.25, 0.3) is 0 Å². The van der Waals surface area contributed by atoms with E-state index in [4.69, 9.17) is 14.9 Å². The van der Waals surface area contributed by atoms with E-state index in [0.717, 1.165) is 0 Å². The Hall–Kier alpha value is -1.06. The second kappa shape index (κ2) is 4.09. The van der Waals surface area contributed by atoms with Crippen LogP contribution >= 0.6 is 0 Å². The number of benzene rings is 1. The van der Waals surface area contributed by atoms with Gasteiger partial charge in [0.05, 0.1) is 20.3 Å². The van der Waals surface area contributed by atoms with E-state index in [1.54, 1.807) is 18.2 Å². The SMILES string of the molecule is COc1cccc(CO)c1CO. The monoisotopic (exact) mass is 168 g/mol. The lowest BCUT2D eigenvalue weighted by Gasteiger charge is -2.09. The van der Waals surface area contributed by atoms with Gasteiger partial charge in [0.2, 0.25) is 0 Å². The Morgan fingerprint density at radius 1 is 1.25 bits per heavy atom. The van der Waals surface area contributed by atoms with E-state index in [1.165, 1.54) is 7.11 Å². The van der Waals surface area contributed by atoms with E-state index >= 15 is 0 Å². The van der Waals surface area contributed by atoms with Gasteiger partial charge in [-0.1, -0.05) is 12.1 Å². The predicted molar refractivity (Wildman–Crippen MR) is 44.8 cm³/mol. The van der Waals surface area contributed by atoms with E-state index in [0.29, 0.717) is 16.9 Å². The van der Waals surface area contributed by atoms with Crippen LogP contribution in [0.2, 0.25) is 0 Å². The van der Waals surface area contributed by atoms with Gasteiger partial charge < -0.3 is 14.9 Å². The van der Waals surface area contributed by atoms with Crippen LogP contribution in [0.4, 0.5) is 0 Å². The van der Waals surface area contributed by atoms with Crippen LogP contribution in [0.5, 0.6) is 5.75 Å². The largest absolute Gasteiger partial charge is 0.496 e. The highest BCUT2D eigenvalue weighted by atomic mass is 16.5. The van der Waals surface area contributed by atoms with Crippen LogP contribution in [0, 0.1) is 0 Å². The number of hydrogen-bond donors (Lipinski definition) is 2. The van der Waals surface area contributed by atoms with Crippen molar-refractivity contribution in [2.75, 3.05) is 7.11 Å². The third-order valence-corrected chi connectivity index (χ3v) is 1.78. The smallest absolute Gasteiger partial charge is 0.124 e. The summed E-state index contributed by atoms with van der Waals surface area (Å²) >= 11 is 0. The first-order valence-electron chi connectivity index (χ1n) is 3.70. The first-order valence-corrected chi connectivity index (χ1v) is 3.70. The molecule has 1 aromatic rings. The van der Waals surface area contributed by atoms with Crippen molar-refractivity contribution in [2.24, 2.45) is 0 Å². The Labute approximate surface area is 71.2 Å². The molecule has 0 atom stereocenters. The van der Waals surface area contributed by atoms with Crippen molar-refractivity contribution < 1.29 is 14.9 Å². The summed E-state index contributed by atoms with van der Waals surface area (Å²) in [7, 11) is 1.54. The quantitative estimate of drug-likeness (QED) is 0.697. The second-order valence-corrected chi connectivity index (χ2v) is 2.41. The van der Waals surface area contributed by atoms with Gasteiger partial charge >= 0.3 is 0 Å². The fourth-order valence-electron chi connectivity index (χ4n) is 1.13. The fraction of sp³-hybridized carbons (Fsp3) is 0.333. The molecule has 12 heavy (non-hydrogen) atoms. The molecule has 0 fully saturated rings. The molecule has 0 unspecified atom stereocenters. The lowest BCUT2D eigenvalue weighted by atomic mass is 10.1. The minimum absolute atomic E-state index is 0.0763. The Kier molecular flexibility index (Phi) is 3.08. The predicted octanol–water partition coefficient (Wildman–Crippen LogP) is 0.680. The van der Waals surface area contributed by atoms with Crippen molar-refractivity contribution in [3.8, 4) is 5.75 Å². The van der Waals surface area contributed by atoms with Gasteiger partial charge in [0, 0.05) is 5.56 Å². The number of rotatable bonds is 3. The summed E-state index contributed by atoms with van der Waals surface area (Å²) in [5.41, 5.74) is 1.36. The van der Waals surface area contributed by atoms with E-state index in [9.17, 15) is 0 Å². The fourth-order valence-corrected chi connectivity index (χ4v) is 1.13. The molecule has 0 aromatic heterocycles. The molecule has 0 heterocycles. The molecule has 0 radical (unpaired) electrons. The van der Waals surface area contributed by atoms with Crippen molar-refractivity contribution >= 4 is 0 Å². The van der Waals surface area contributed by atoms with Gasteiger partial charge in [-0.15, -0.1) is 0 Å². The Morgan fingerprint density at radius 2 is 2.00 bits per heavy atom. The van der Waals surface area contributed by atoms with E-state index < -0.39 is 0 Å². The van der Waals surface area contributed by atoms with Gasteiger partial charge in [0.1, 0.15) is 5.75 Å². The number of aliphatic hydroxyl groups excluding tert-OH is 2. The third-order valence-electron chi connectivity index (χ3n) is 1.78. The van der Waals surface area contributed by atoms with Crippen molar-refractivity contribution in [3.63, 3.8) is 0 Å². The van der Waals surface area contributed by atoms with E-state index in [-0.39, 0.29) is 13.2 Å². The van der Waals surface area contributed by atoms with Gasteiger partial charge in [-0.05, 0) is 11.6 Å². The summed E-state index contributed by atoms with van der Waals surface area (Å²) in [4.78, 5) is 0. The van der Waals surface area contributed by atoms with Crippen molar-refractivity contribution in [3.05, 3.63) is 29.3 Å². The summed E-state index contributed by atoms with van der Waals surface area (Å²) in [6, 6.07) is 5.29. The molecule has 0 saturated carbocycles. The van der Waals surface area contributed by atoms with Crippen LogP contribution in [-0.4, -0.2) is 17.3 Å². The van der Waals surface area contributed by atoms with Gasteiger partial charge in [-0.3, -0.25) is 0 Å². The maximum Gasteiger partial charge on any atom is 0.124 e. The number of ether oxygens (including phenoxy) is 1. The molecule has 0 aliphatic carbocycles. The third kappa shape index (κ3) is 1.57. The molecule has 2 N–H and O–H groups in total. The molecule has 3 heteroatoms. The van der Waals surface area contributed by atoms with Crippen LogP contribution in [-0.2, 0) is 13.2 Å². The molecule has 0 bridgehead atoms. The van der Waals surface area contributed by atoms with E-state index in [2.05, 4.69) is 0 Å². The maximum atomic E-state index is 8.97. The van der Waals surface area contributed by atoms with Crippen LogP contribution in [0.3, 0.4) is 0 Å². The standard InChI is InChI=1S/C9H12O3/c1-12-9-4-2-3-7(5-10)8(9)6-11/h2-4,10-11H,5-6H2,1H3. The molecule has 3 nitrogen and oxygen atoms in total. The van der Waals surface area contributed by atoms with Crippen LogP contribution < -0.4 is 4.74 Å². The van der Waals surface area contributed by atoms with Crippen molar-refractivity contribution in [1.82, 2.24) is 0 Å². The first kappa shape index (κ1) is 9.03. The molecule has 0 aliphatic rings. The molecule has 1 rings (SSSR count). The molecular formula is C9H12O3. The zero-order valence-electron chi connectivity index (χ0n) is 6.95. The number of hydrogen-bond acceptors (Lipinski definition) is 3. The first-order chi connectivity index (χ1) is 5.83. The zero-order chi connectivity index (χ0) is 8.97. The highest BCUT2D eigenvalue weighted by molar-refractivity contribution is 5.39. The van der Waals surface area contributed by atoms with Gasteiger partial charge in [0.25, 0.3) is 0 Å². The lowest BCUT2D eigenvalue weighted by molar-refractivity contribution is 0.254. The normalized spacial score (nSPS) is 9.92. The maximum absolute atomic E-state index is 8.97. The number of aliphatic hydroxyl groups is 2.